The largest absolute Gasteiger partial charge is 0.324 e. The lowest BCUT2D eigenvalue weighted by atomic mass is 9.89. The van der Waals surface area contributed by atoms with Gasteiger partial charge in [0.15, 0.2) is 5.82 Å². The van der Waals surface area contributed by atoms with Crippen LogP contribution in [0.2, 0.25) is 0 Å². The summed E-state index contributed by atoms with van der Waals surface area (Å²) in [4.78, 5) is 12.7. The average Bonchev–Trinajstić information content (AvgIpc) is 3.33. The van der Waals surface area contributed by atoms with Gasteiger partial charge < -0.3 is 5.32 Å². The minimum Gasteiger partial charge on any atom is -0.324 e. The lowest BCUT2D eigenvalue weighted by molar-refractivity contribution is -0.116. The van der Waals surface area contributed by atoms with E-state index in [1.54, 1.807) is 4.68 Å². The fourth-order valence-electron chi connectivity index (χ4n) is 4.09. The van der Waals surface area contributed by atoms with Crippen LogP contribution in [0.15, 0.2) is 42.7 Å². The number of benzene rings is 1. The van der Waals surface area contributed by atoms with Crippen LogP contribution in [0.5, 0.6) is 0 Å². The molecule has 29 heavy (non-hydrogen) atoms. The topological polar surface area (TPSA) is 56.8 Å². The van der Waals surface area contributed by atoms with Gasteiger partial charge in [0, 0.05) is 24.0 Å². The summed E-state index contributed by atoms with van der Waals surface area (Å²) in [5, 5.41) is 7.80. The molecule has 2 aromatic heterocycles. The molecule has 1 amide bonds. The minimum absolute atomic E-state index is 0.0974. The van der Waals surface area contributed by atoms with E-state index < -0.39 is 0 Å². The molecule has 0 bridgehead atoms. The maximum absolute atomic E-state index is 12.7. The van der Waals surface area contributed by atoms with Gasteiger partial charge in [0.2, 0.25) is 10.7 Å². The third kappa shape index (κ3) is 4.19. The second kappa shape index (κ2) is 8.37. The molecular formula is C22H27N5OS. The molecule has 3 aromatic rings. The summed E-state index contributed by atoms with van der Waals surface area (Å²) in [7, 11) is 0. The highest BCUT2D eigenvalue weighted by atomic mass is 32.1. The van der Waals surface area contributed by atoms with Crippen LogP contribution in [0.4, 0.5) is 5.69 Å². The van der Waals surface area contributed by atoms with Crippen molar-refractivity contribution in [3.05, 3.63) is 64.4 Å². The Bertz CT molecular complexity index is 1060. The normalized spacial score (nSPS) is 14.8. The molecule has 1 fully saturated rings. The fourth-order valence-corrected chi connectivity index (χ4v) is 4.38. The third-order valence-corrected chi connectivity index (χ3v) is 5.97. The molecule has 1 aliphatic rings. The number of nitrogens with zero attached hydrogens (tertiary/aromatic N) is 4. The van der Waals surface area contributed by atoms with Gasteiger partial charge in [-0.2, -0.15) is 5.10 Å². The molecule has 0 radical (unpaired) electrons. The zero-order chi connectivity index (χ0) is 20.4. The first-order valence-electron chi connectivity index (χ1n) is 10.2. The Kier molecular flexibility index (Phi) is 5.67. The summed E-state index contributed by atoms with van der Waals surface area (Å²) in [6.45, 7) is 4.13. The van der Waals surface area contributed by atoms with Gasteiger partial charge in [-0.25, -0.2) is 9.36 Å². The Labute approximate surface area is 176 Å². The molecule has 2 heterocycles. The Morgan fingerprint density at radius 1 is 1.17 bits per heavy atom. The molecule has 0 spiro atoms. The Hall–Kier alpha value is -2.67. The summed E-state index contributed by atoms with van der Waals surface area (Å²) in [6, 6.07) is 9.93. The molecule has 6 nitrogen and oxygen atoms in total. The summed E-state index contributed by atoms with van der Waals surface area (Å²) >= 11 is 5.72. The van der Waals surface area contributed by atoms with E-state index in [1.165, 1.54) is 24.8 Å². The van der Waals surface area contributed by atoms with Crippen LogP contribution in [0.3, 0.4) is 0 Å². The predicted molar refractivity (Wildman–Crippen MR) is 117 cm³/mol. The lowest BCUT2D eigenvalue weighted by Gasteiger charge is -2.21. The third-order valence-electron chi connectivity index (χ3n) is 5.58. The van der Waals surface area contributed by atoms with Gasteiger partial charge in [-0.15, -0.1) is 0 Å². The molecule has 1 aliphatic carbocycles. The van der Waals surface area contributed by atoms with Crippen LogP contribution >= 0.6 is 12.2 Å². The Morgan fingerprint density at radius 2 is 1.90 bits per heavy atom. The maximum Gasteiger partial charge on any atom is 0.246 e. The SMILES string of the molecule is Cc1ccc(NC(=O)Cn2nc(C3CCCCC3)n(-n3cccc3)c2=S)c(C)c1. The number of aryl methyl sites for hydroxylation is 2. The molecule has 7 heteroatoms. The minimum atomic E-state index is -0.125. The van der Waals surface area contributed by atoms with Crippen LogP contribution in [0, 0.1) is 18.6 Å². The Morgan fingerprint density at radius 3 is 2.59 bits per heavy atom. The number of rotatable bonds is 5. The molecule has 1 saturated carbocycles. The molecule has 0 aliphatic heterocycles. The zero-order valence-electron chi connectivity index (χ0n) is 17.0. The second-order valence-corrected chi connectivity index (χ2v) is 8.24. The smallest absolute Gasteiger partial charge is 0.246 e. The fraction of sp³-hybridized carbons (Fsp3) is 0.409. The van der Waals surface area contributed by atoms with Crippen LogP contribution in [-0.2, 0) is 11.3 Å². The van der Waals surface area contributed by atoms with Gasteiger partial charge in [0.25, 0.3) is 0 Å². The monoisotopic (exact) mass is 409 g/mol. The van der Waals surface area contributed by atoms with E-state index in [1.807, 2.05) is 59.9 Å². The number of nitrogens with one attached hydrogen (secondary N) is 1. The molecule has 152 valence electrons. The van der Waals surface area contributed by atoms with Crippen molar-refractivity contribution in [3.8, 4) is 0 Å². The Balaban J connectivity index is 1.62. The van der Waals surface area contributed by atoms with Crippen molar-refractivity contribution in [1.29, 1.82) is 0 Å². The number of carbonyl (C=O) groups excluding carboxylic acids is 1. The van der Waals surface area contributed by atoms with Crippen LogP contribution in [0.1, 0.15) is 55.0 Å². The lowest BCUT2D eigenvalue weighted by Crippen LogP contribution is -2.20. The number of anilines is 1. The van der Waals surface area contributed by atoms with Crippen LogP contribution in [0.25, 0.3) is 0 Å². The van der Waals surface area contributed by atoms with Gasteiger partial charge >= 0.3 is 0 Å². The maximum atomic E-state index is 12.7. The van der Waals surface area contributed by atoms with Crippen LogP contribution < -0.4 is 5.32 Å². The summed E-state index contributed by atoms with van der Waals surface area (Å²) in [5.74, 6) is 1.20. The molecule has 0 atom stereocenters. The molecule has 0 saturated heterocycles. The van der Waals surface area contributed by atoms with E-state index in [2.05, 4.69) is 11.4 Å². The number of carbonyl (C=O) groups is 1. The van der Waals surface area contributed by atoms with Crippen LogP contribution in [-0.4, -0.2) is 25.0 Å². The predicted octanol–water partition coefficient (Wildman–Crippen LogP) is 4.83. The molecule has 1 aromatic carbocycles. The van der Waals surface area contributed by atoms with Crippen molar-refractivity contribution in [2.45, 2.75) is 58.4 Å². The van der Waals surface area contributed by atoms with Crippen molar-refractivity contribution < 1.29 is 4.79 Å². The van der Waals surface area contributed by atoms with Gasteiger partial charge in [0.1, 0.15) is 6.54 Å². The summed E-state index contributed by atoms with van der Waals surface area (Å²) in [5.41, 5.74) is 3.04. The average molecular weight is 410 g/mol. The number of aromatic nitrogens is 4. The van der Waals surface area contributed by atoms with E-state index in [4.69, 9.17) is 17.3 Å². The van der Waals surface area contributed by atoms with Crippen molar-refractivity contribution in [2.75, 3.05) is 5.32 Å². The summed E-state index contributed by atoms with van der Waals surface area (Å²) in [6.07, 6.45) is 9.85. The molecule has 0 unspecified atom stereocenters. The number of hydrogen-bond acceptors (Lipinski definition) is 3. The van der Waals surface area contributed by atoms with Crippen molar-refractivity contribution in [1.82, 2.24) is 19.1 Å². The highest BCUT2D eigenvalue weighted by Gasteiger charge is 2.24. The second-order valence-electron chi connectivity index (χ2n) is 7.87. The van der Waals surface area contributed by atoms with E-state index in [9.17, 15) is 4.79 Å². The number of hydrogen-bond donors (Lipinski definition) is 1. The van der Waals surface area contributed by atoms with E-state index in [-0.39, 0.29) is 12.5 Å². The van der Waals surface area contributed by atoms with Crippen molar-refractivity contribution in [2.24, 2.45) is 0 Å². The highest BCUT2D eigenvalue weighted by Crippen LogP contribution is 2.32. The first-order chi connectivity index (χ1) is 14.0. The summed E-state index contributed by atoms with van der Waals surface area (Å²) < 4.78 is 6.11. The highest BCUT2D eigenvalue weighted by molar-refractivity contribution is 7.71. The van der Waals surface area contributed by atoms with Crippen molar-refractivity contribution >= 4 is 23.8 Å². The van der Waals surface area contributed by atoms with Gasteiger partial charge in [0.05, 0.1) is 0 Å². The van der Waals surface area contributed by atoms with Gasteiger partial charge in [-0.05, 0) is 62.7 Å². The standard InChI is InChI=1S/C22H27N5OS/c1-16-10-11-19(17(2)14-16)23-20(28)15-26-22(29)27(25-12-6-7-13-25)21(24-26)18-8-4-3-5-9-18/h6-7,10-14,18H,3-5,8-9,15H2,1-2H3,(H,23,28). The number of amides is 1. The van der Waals surface area contributed by atoms with Crippen molar-refractivity contribution in [3.63, 3.8) is 0 Å². The van der Waals surface area contributed by atoms with E-state index in [0.29, 0.717) is 10.7 Å². The zero-order valence-corrected chi connectivity index (χ0v) is 17.8. The molecular weight excluding hydrogens is 382 g/mol. The molecule has 1 N–H and O–H groups in total. The van der Waals surface area contributed by atoms with E-state index >= 15 is 0 Å². The first kappa shape index (κ1) is 19.6. The molecule has 4 rings (SSSR count). The first-order valence-corrected chi connectivity index (χ1v) is 10.6. The van der Waals surface area contributed by atoms with Gasteiger partial charge in [-0.1, -0.05) is 37.0 Å². The van der Waals surface area contributed by atoms with Gasteiger partial charge in [-0.3, -0.25) is 9.47 Å². The van der Waals surface area contributed by atoms with E-state index in [0.717, 1.165) is 29.9 Å². The quantitative estimate of drug-likeness (QED) is 0.614.